The third kappa shape index (κ3) is 7.08. The van der Waals surface area contributed by atoms with Gasteiger partial charge in [-0.25, -0.2) is 4.79 Å². The molecule has 0 aliphatic heterocycles. The molecule has 0 saturated carbocycles. The zero-order valence-electron chi connectivity index (χ0n) is 14.4. The Morgan fingerprint density at radius 1 is 1.05 bits per heavy atom. The zero-order chi connectivity index (χ0) is 16.7. The maximum atomic E-state index is 12.0. The molecular weight excluding hydrogens is 288 g/mol. The molecular formula is C15H30O5Si. The molecule has 1 unspecified atom stereocenters. The highest BCUT2D eigenvalue weighted by Crippen LogP contribution is 2.37. The van der Waals surface area contributed by atoms with E-state index in [0.717, 1.165) is 0 Å². The molecule has 0 aromatic rings. The average Bonchev–Trinajstić information content (AvgIpc) is 2.33. The molecule has 0 aromatic carbocycles. The zero-order valence-corrected chi connectivity index (χ0v) is 15.4. The minimum absolute atomic E-state index is 0.0122. The average molecular weight is 318 g/mol. The second-order valence-corrected chi connectivity index (χ2v) is 11.2. The normalized spacial score (nSPS) is 13.7. The number of carbonyl (C=O) groups excluding carboxylic acids is 2. The summed E-state index contributed by atoms with van der Waals surface area (Å²) in [5.74, 6) is -0.711. The SMILES string of the molecule is CCOC(=O)CCC(O[Si](C)(C)C(C)(C)C)C(=O)OCC. The van der Waals surface area contributed by atoms with Gasteiger partial charge >= 0.3 is 11.9 Å². The van der Waals surface area contributed by atoms with Crippen LogP contribution in [0.1, 0.15) is 47.5 Å². The minimum atomic E-state index is -2.10. The van der Waals surface area contributed by atoms with Crippen LogP contribution in [0.2, 0.25) is 18.1 Å². The Bertz CT molecular complexity index is 346. The van der Waals surface area contributed by atoms with Crippen molar-refractivity contribution in [2.24, 2.45) is 0 Å². The van der Waals surface area contributed by atoms with Gasteiger partial charge in [-0.1, -0.05) is 20.8 Å². The van der Waals surface area contributed by atoms with Gasteiger partial charge in [0.15, 0.2) is 8.32 Å². The molecule has 0 aromatic heterocycles. The lowest BCUT2D eigenvalue weighted by Crippen LogP contribution is -2.46. The maximum absolute atomic E-state index is 12.0. The first-order valence-electron chi connectivity index (χ1n) is 7.55. The fourth-order valence-corrected chi connectivity index (χ4v) is 2.75. The number of carbonyl (C=O) groups is 2. The van der Waals surface area contributed by atoms with Crippen LogP contribution in [0.15, 0.2) is 0 Å². The van der Waals surface area contributed by atoms with Crippen LogP contribution in [0.3, 0.4) is 0 Å². The first kappa shape index (κ1) is 20.1. The van der Waals surface area contributed by atoms with Crippen molar-refractivity contribution in [3.8, 4) is 0 Å². The monoisotopic (exact) mass is 318 g/mol. The van der Waals surface area contributed by atoms with Gasteiger partial charge in [-0.05, 0) is 38.4 Å². The predicted molar refractivity (Wildman–Crippen MR) is 84.6 cm³/mol. The van der Waals surface area contributed by atoms with E-state index < -0.39 is 20.4 Å². The highest BCUT2D eigenvalue weighted by Gasteiger charge is 2.41. The summed E-state index contributed by atoms with van der Waals surface area (Å²) in [5, 5.41) is -0.0122. The van der Waals surface area contributed by atoms with E-state index in [4.69, 9.17) is 13.9 Å². The van der Waals surface area contributed by atoms with Gasteiger partial charge in [0, 0.05) is 6.42 Å². The van der Waals surface area contributed by atoms with Crippen LogP contribution in [0.4, 0.5) is 0 Å². The summed E-state index contributed by atoms with van der Waals surface area (Å²) in [7, 11) is -2.10. The molecule has 0 radical (unpaired) electrons. The number of rotatable bonds is 8. The standard InChI is InChI=1S/C15H30O5Si/c1-8-18-13(16)11-10-12(14(17)19-9-2)20-21(6,7)15(3,4)5/h12H,8-11H2,1-7H3. The van der Waals surface area contributed by atoms with E-state index in [1.807, 2.05) is 0 Å². The Morgan fingerprint density at radius 3 is 2.00 bits per heavy atom. The van der Waals surface area contributed by atoms with Crippen molar-refractivity contribution in [2.45, 2.75) is 71.7 Å². The molecule has 0 heterocycles. The first-order chi connectivity index (χ1) is 9.55. The second-order valence-electron chi connectivity index (χ2n) is 6.46. The molecule has 0 bridgehead atoms. The topological polar surface area (TPSA) is 61.8 Å². The van der Waals surface area contributed by atoms with Crippen LogP contribution in [-0.4, -0.2) is 39.6 Å². The minimum Gasteiger partial charge on any atom is -0.466 e. The van der Waals surface area contributed by atoms with E-state index in [1.165, 1.54) is 0 Å². The first-order valence-corrected chi connectivity index (χ1v) is 10.5. The maximum Gasteiger partial charge on any atom is 0.334 e. The molecule has 1 atom stereocenters. The van der Waals surface area contributed by atoms with Gasteiger partial charge in [0.1, 0.15) is 6.10 Å². The third-order valence-corrected chi connectivity index (χ3v) is 8.19. The van der Waals surface area contributed by atoms with Gasteiger partial charge in [-0.15, -0.1) is 0 Å². The smallest absolute Gasteiger partial charge is 0.334 e. The number of ether oxygens (including phenoxy) is 2. The van der Waals surface area contributed by atoms with Crippen LogP contribution in [0, 0.1) is 0 Å². The van der Waals surface area contributed by atoms with Crippen molar-refractivity contribution in [3.05, 3.63) is 0 Å². The molecule has 0 spiro atoms. The fraction of sp³-hybridized carbons (Fsp3) is 0.867. The van der Waals surface area contributed by atoms with Gasteiger partial charge < -0.3 is 13.9 Å². The Hall–Kier alpha value is -0.883. The molecule has 0 amide bonds. The molecule has 0 N–H and O–H groups in total. The highest BCUT2D eigenvalue weighted by atomic mass is 28.4. The van der Waals surface area contributed by atoms with Gasteiger partial charge in [0.25, 0.3) is 0 Å². The highest BCUT2D eigenvalue weighted by molar-refractivity contribution is 6.74. The van der Waals surface area contributed by atoms with Crippen LogP contribution in [-0.2, 0) is 23.5 Å². The molecule has 0 aliphatic carbocycles. The van der Waals surface area contributed by atoms with Gasteiger partial charge in [-0.3, -0.25) is 4.79 Å². The van der Waals surface area contributed by atoms with Crippen LogP contribution in [0.5, 0.6) is 0 Å². The van der Waals surface area contributed by atoms with Gasteiger partial charge in [0.05, 0.1) is 13.2 Å². The summed E-state index contributed by atoms with van der Waals surface area (Å²) in [6.45, 7) is 14.6. The lowest BCUT2D eigenvalue weighted by Gasteiger charge is -2.38. The Labute approximate surface area is 129 Å². The second kappa shape index (κ2) is 8.53. The van der Waals surface area contributed by atoms with E-state index in [9.17, 15) is 9.59 Å². The molecule has 0 fully saturated rings. The Kier molecular flexibility index (Phi) is 8.17. The van der Waals surface area contributed by atoms with Crippen LogP contribution < -0.4 is 0 Å². The van der Waals surface area contributed by atoms with Crippen molar-refractivity contribution in [1.29, 1.82) is 0 Å². The third-order valence-electron chi connectivity index (χ3n) is 3.71. The van der Waals surface area contributed by atoms with Crippen molar-refractivity contribution < 1.29 is 23.5 Å². The molecule has 0 saturated heterocycles. The van der Waals surface area contributed by atoms with Crippen molar-refractivity contribution in [3.63, 3.8) is 0 Å². The van der Waals surface area contributed by atoms with E-state index in [0.29, 0.717) is 19.6 Å². The summed E-state index contributed by atoms with van der Waals surface area (Å²) in [5.41, 5.74) is 0. The summed E-state index contributed by atoms with van der Waals surface area (Å²) >= 11 is 0. The Morgan fingerprint density at radius 2 is 1.57 bits per heavy atom. The molecule has 6 heteroatoms. The van der Waals surface area contributed by atoms with Crippen molar-refractivity contribution >= 4 is 20.3 Å². The lowest BCUT2D eigenvalue weighted by molar-refractivity contribution is -0.153. The Balaban J connectivity index is 4.83. The largest absolute Gasteiger partial charge is 0.466 e. The van der Waals surface area contributed by atoms with E-state index in [1.54, 1.807) is 13.8 Å². The van der Waals surface area contributed by atoms with Crippen molar-refractivity contribution in [2.75, 3.05) is 13.2 Å². The number of esters is 2. The number of hydrogen-bond acceptors (Lipinski definition) is 5. The quantitative estimate of drug-likeness (QED) is 0.507. The number of hydrogen-bond donors (Lipinski definition) is 0. The molecule has 5 nitrogen and oxygen atoms in total. The molecule has 0 rings (SSSR count). The summed E-state index contributed by atoms with van der Waals surface area (Å²) in [4.78, 5) is 23.5. The predicted octanol–water partition coefficient (Wildman–Crippen LogP) is 3.28. The summed E-state index contributed by atoms with van der Waals surface area (Å²) in [6.07, 6.45) is -0.244. The molecule has 21 heavy (non-hydrogen) atoms. The summed E-state index contributed by atoms with van der Waals surface area (Å²) in [6, 6.07) is 0. The molecule has 0 aliphatic rings. The summed E-state index contributed by atoms with van der Waals surface area (Å²) < 4.78 is 16.1. The molecule has 124 valence electrons. The van der Waals surface area contributed by atoms with E-state index in [-0.39, 0.29) is 17.4 Å². The van der Waals surface area contributed by atoms with E-state index in [2.05, 4.69) is 33.9 Å². The van der Waals surface area contributed by atoms with Crippen molar-refractivity contribution in [1.82, 2.24) is 0 Å². The van der Waals surface area contributed by atoms with Gasteiger partial charge in [-0.2, -0.15) is 0 Å². The van der Waals surface area contributed by atoms with E-state index >= 15 is 0 Å². The lowest BCUT2D eigenvalue weighted by atomic mass is 10.2. The van der Waals surface area contributed by atoms with Gasteiger partial charge in [0.2, 0.25) is 0 Å². The van der Waals surface area contributed by atoms with Crippen LogP contribution >= 0.6 is 0 Å². The van der Waals surface area contributed by atoms with Crippen LogP contribution in [0.25, 0.3) is 0 Å². The fourth-order valence-electron chi connectivity index (χ4n) is 1.47.